The third-order valence-corrected chi connectivity index (χ3v) is 2.82. The van der Waals surface area contributed by atoms with Crippen LogP contribution < -0.4 is 9.47 Å². The van der Waals surface area contributed by atoms with Crippen LogP contribution in [0.2, 0.25) is 0 Å². The molecule has 0 aromatic heterocycles. The maximum absolute atomic E-state index is 11.5. The Hall–Kier alpha value is -1.97. The molecule has 2 heterocycles. The fourth-order valence-electron chi connectivity index (χ4n) is 1.96. The van der Waals surface area contributed by atoms with Gasteiger partial charge in [-0.1, -0.05) is 6.07 Å². The molecule has 0 saturated carbocycles. The van der Waals surface area contributed by atoms with Crippen LogP contribution in [0.5, 0.6) is 11.5 Å². The SMILES string of the molecule is O=C1OCCC/C1=C/c1ccc2c(c1)OCO2. The van der Waals surface area contributed by atoms with E-state index < -0.39 is 0 Å². The number of hydrogen-bond donors (Lipinski definition) is 0. The van der Waals surface area contributed by atoms with Crippen LogP contribution in [0.4, 0.5) is 0 Å². The first-order valence-corrected chi connectivity index (χ1v) is 5.60. The Kier molecular flexibility index (Phi) is 2.48. The first-order valence-electron chi connectivity index (χ1n) is 5.60. The highest BCUT2D eigenvalue weighted by Crippen LogP contribution is 2.33. The molecule has 1 aromatic carbocycles. The predicted octanol–water partition coefficient (Wildman–Crippen LogP) is 2.14. The zero-order valence-corrected chi connectivity index (χ0v) is 9.27. The van der Waals surface area contributed by atoms with Gasteiger partial charge in [0.15, 0.2) is 11.5 Å². The van der Waals surface area contributed by atoms with Crippen LogP contribution in [-0.4, -0.2) is 19.4 Å². The van der Waals surface area contributed by atoms with Gasteiger partial charge in [-0.2, -0.15) is 0 Å². The van der Waals surface area contributed by atoms with E-state index in [0.717, 1.165) is 35.5 Å². The van der Waals surface area contributed by atoms with Gasteiger partial charge in [-0.05, 0) is 36.6 Å². The number of fused-ring (bicyclic) bond motifs is 1. The highest BCUT2D eigenvalue weighted by atomic mass is 16.7. The summed E-state index contributed by atoms with van der Waals surface area (Å²) >= 11 is 0. The lowest BCUT2D eigenvalue weighted by atomic mass is 10.0. The minimum Gasteiger partial charge on any atom is -0.462 e. The number of hydrogen-bond acceptors (Lipinski definition) is 4. The third kappa shape index (κ3) is 1.98. The fraction of sp³-hybridized carbons (Fsp3) is 0.308. The van der Waals surface area contributed by atoms with Crippen LogP contribution in [0, 0.1) is 0 Å². The quantitative estimate of drug-likeness (QED) is 0.549. The van der Waals surface area contributed by atoms with Gasteiger partial charge in [-0.25, -0.2) is 4.79 Å². The van der Waals surface area contributed by atoms with E-state index in [4.69, 9.17) is 14.2 Å². The summed E-state index contributed by atoms with van der Waals surface area (Å²) in [4.78, 5) is 11.5. The van der Waals surface area contributed by atoms with Gasteiger partial charge in [0.25, 0.3) is 0 Å². The Morgan fingerprint density at radius 3 is 2.88 bits per heavy atom. The number of rotatable bonds is 1. The van der Waals surface area contributed by atoms with Crippen molar-refractivity contribution in [1.29, 1.82) is 0 Å². The van der Waals surface area contributed by atoms with Gasteiger partial charge in [0.2, 0.25) is 6.79 Å². The lowest BCUT2D eigenvalue weighted by molar-refractivity contribution is -0.141. The largest absolute Gasteiger partial charge is 0.462 e. The van der Waals surface area contributed by atoms with Gasteiger partial charge in [0.1, 0.15) is 0 Å². The summed E-state index contributed by atoms with van der Waals surface area (Å²) in [6, 6.07) is 5.63. The summed E-state index contributed by atoms with van der Waals surface area (Å²) in [5.74, 6) is 1.26. The zero-order chi connectivity index (χ0) is 11.7. The second-order valence-electron chi connectivity index (χ2n) is 4.02. The van der Waals surface area contributed by atoms with Crippen molar-refractivity contribution in [3.63, 3.8) is 0 Å². The van der Waals surface area contributed by atoms with Crippen molar-refractivity contribution < 1.29 is 19.0 Å². The fourth-order valence-corrected chi connectivity index (χ4v) is 1.96. The molecule has 0 radical (unpaired) electrons. The molecule has 2 aliphatic heterocycles. The van der Waals surface area contributed by atoms with Gasteiger partial charge in [-0.3, -0.25) is 0 Å². The molecule has 4 heteroatoms. The molecule has 0 amide bonds. The first-order chi connectivity index (χ1) is 8.33. The van der Waals surface area contributed by atoms with E-state index in [1.807, 2.05) is 24.3 Å². The number of benzene rings is 1. The normalized spacial score (nSPS) is 20.5. The minimum atomic E-state index is -0.214. The van der Waals surface area contributed by atoms with Crippen molar-refractivity contribution in [2.75, 3.05) is 13.4 Å². The molecule has 0 aliphatic carbocycles. The highest BCUT2D eigenvalue weighted by Gasteiger charge is 2.17. The third-order valence-electron chi connectivity index (χ3n) is 2.82. The molecule has 0 atom stereocenters. The van der Waals surface area contributed by atoms with E-state index in [1.165, 1.54) is 0 Å². The molecular formula is C13H12O4. The molecule has 0 bridgehead atoms. The van der Waals surface area contributed by atoms with Crippen LogP contribution in [0.15, 0.2) is 23.8 Å². The Balaban J connectivity index is 1.89. The summed E-state index contributed by atoms with van der Waals surface area (Å²) in [5.41, 5.74) is 1.65. The lowest BCUT2D eigenvalue weighted by Gasteiger charge is -2.13. The smallest absolute Gasteiger partial charge is 0.334 e. The lowest BCUT2D eigenvalue weighted by Crippen LogP contribution is -2.15. The zero-order valence-electron chi connectivity index (χ0n) is 9.27. The second kappa shape index (κ2) is 4.13. The van der Waals surface area contributed by atoms with E-state index in [2.05, 4.69) is 0 Å². The molecule has 1 saturated heterocycles. The van der Waals surface area contributed by atoms with Crippen LogP contribution in [0.3, 0.4) is 0 Å². The maximum Gasteiger partial charge on any atom is 0.334 e. The molecule has 88 valence electrons. The summed E-state index contributed by atoms with van der Waals surface area (Å²) in [7, 11) is 0. The molecule has 0 spiro atoms. The van der Waals surface area contributed by atoms with Crippen molar-refractivity contribution >= 4 is 12.0 Å². The number of cyclic esters (lactones) is 1. The molecule has 1 aromatic rings. The van der Waals surface area contributed by atoms with Crippen molar-refractivity contribution in [1.82, 2.24) is 0 Å². The molecule has 4 nitrogen and oxygen atoms in total. The standard InChI is InChI=1S/C13H12O4/c14-13-10(2-1-5-15-13)6-9-3-4-11-12(7-9)17-8-16-11/h3-4,6-7H,1-2,5,8H2/b10-6-. The van der Waals surface area contributed by atoms with Gasteiger partial charge in [-0.15, -0.1) is 0 Å². The second-order valence-corrected chi connectivity index (χ2v) is 4.02. The van der Waals surface area contributed by atoms with E-state index >= 15 is 0 Å². The Morgan fingerprint density at radius 2 is 2.00 bits per heavy atom. The number of carbonyl (C=O) groups excluding carboxylic acids is 1. The summed E-state index contributed by atoms with van der Waals surface area (Å²) in [6.45, 7) is 0.786. The first kappa shape index (κ1) is 10.2. The number of esters is 1. The Morgan fingerprint density at radius 1 is 1.12 bits per heavy atom. The number of carbonyl (C=O) groups is 1. The van der Waals surface area contributed by atoms with Crippen molar-refractivity contribution in [2.45, 2.75) is 12.8 Å². The van der Waals surface area contributed by atoms with E-state index in [9.17, 15) is 4.79 Å². The van der Waals surface area contributed by atoms with E-state index in [0.29, 0.717) is 6.61 Å². The van der Waals surface area contributed by atoms with Gasteiger partial charge >= 0.3 is 5.97 Å². The monoisotopic (exact) mass is 232 g/mol. The predicted molar refractivity (Wildman–Crippen MR) is 60.7 cm³/mol. The van der Waals surface area contributed by atoms with E-state index in [1.54, 1.807) is 0 Å². The summed E-state index contributed by atoms with van der Waals surface area (Å²) < 4.78 is 15.5. The summed E-state index contributed by atoms with van der Waals surface area (Å²) in [5, 5.41) is 0. The molecule has 3 rings (SSSR count). The van der Waals surface area contributed by atoms with Crippen LogP contribution >= 0.6 is 0 Å². The van der Waals surface area contributed by atoms with Crippen molar-refractivity contribution in [3.8, 4) is 11.5 Å². The van der Waals surface area contributed by atoms with Gasteiger partial charge < -0.3 is 14.2 Å². The van der Waals surface area contributed by atoms with Gasteiger partial charge in [0.05, 0.1) is 6.61 Å². The average molecular weight is 232 g/mol. The van der Waals surface area contributed by atoms with Gasteiger partial charge in [0, 0.05) is 5.57 Å². The van der Waals surface area contributed by atoms with Crippen molar-refractivity contribution in [3.05, 3.63) is 29.3 Å². The van der Waals surface area contributed by atoms with E-state index in [-0.39, 0.29) is 12.8 Å². The Bertz CT molecular complexity index is 490. The topological polar surface area (TPSA) is 44.8 Å². The van der Waals surface area contributed by atoms with Crippen LogP contribution in [0.25, 0.3) is 6.08 Å². The molecular weight excluding hydrogens is 220 g/mol. The highest BCUT2D eigenvalue weighted by molar-refractivity contribution is 5.94. The molecule has 1 fully saturated rings. The van der Waals surface area contributed by atoms with Crippen molar-refractivity contribution in [2.24, 2.45) is 0 Å². The average Bonchev–Trinajstić information content (AvgIpc) is 2.79. The maximum atomic E-state index is 11.5. The van der Waals surface area contributed by atoms with Crippen LogP contribution in [-0.2, 0) is 9.53 Å². The van der Waals surface area contributed by atoms with Crippen LogP contribution in [0.1, 0.15) is 18.4 Å². The summed E-state index contributed by atoms with van der Waals surface area (Å²) in [6.07, 6.45) is 3.51. The molecule has 17 heavy (non-hydrogen) atoms. The Labute approximate surface area is 98.8 Å². The molecule has 0 N–H and O–H groups in total. The minimum absolute atomic E-state index is 0.214. The molecule has 0 unspecified atom stereocenters. The molecule has 2 aliphatic rings. The number of ether oxygens (including phenoxy) is 3.